The number of carbonyl (C=O) groups excluding carboxylic acids is 2. The number of hydrogen-bond acceptors (Lipinski definition) is 7. The third kappa shape index (κ3) is 43.8. The van der Waals surface area contributed by atoms with Gasteiger partial charge in [-0.05, 0) is 96.8 Å². The summed E-state index contributed by atoms with van der Waals surface area (Å²) < 4.78 is 11.3. The fourth-order valence-corrected chi connectivity index (χ4v) is 9.02. The molecular formula is C54H108N2O5. The third-order valence-corrected chi connectivity index (χ3v) is 13.0. The van der Waals surface area contributed by atoms with E-state index in [1.807, 2.05) is 14.1 Å². The molecule has 61 heavy (non-hydrogen) atoms. The van der Waals surface area contributed by atoms with Crippen LogP contribution in [0.15, 0.2) is 0 Å². The van der Waals surface area contributed by atoms with E-state index in [4.69, 9.17) is 9.47 Å². The van der Waals surface area contributed by atoms with Gasteiger partial charge in [0.15, 0.2) is 0 Å². The van der Waals surface area contributed by atoms with Crippen molar-refractivity contribution in [1.82, 2.24) is 9.80 Å². The minimum absolute atomic E-state index is 0.0136. The third-order valence-electron chi connectivity index (χ3n) is 13.0. The second kappa shape index (κ2) is 46.8. The molecule has 0 saturated carbocycles. The van der Waals surface area contributed by atoms with Crippen LogP contribution in [0.1, 0.15) is 265 Å². The van der Waals surface area contributed by atoms with Gasteiger partial charge in [0.05, 0.1) is 19.3 Å². The highest BCUT2D eigenvalue weighted by molar-refractivity contribution is 5.69. The van der Waals surface area contributed by atoms with Gasteiger partial charge in [0.2, 0.25) is 0 Å². The van der Waals surface area contributed by atoms with E-state index >= 15 is 0 Å². The molecule has 1 N–H and O–H groups in total. The van der Waals surface area contributed by atoms with Gasteiger partial charge in [0.1, 0.15) is 0 Å². The molecule has 7 nitrogen and oxygen atoms in total. The SMILES string of the molecule is CCCCCCC(CCCCCC)CCCOC(=O)CCCCCCCN(CCCCCCCC(=O)OCCCC(CCCCCC)CCCCCC)CCC(O)CN(C)C. The second-order valence-electron chi connectivity index (χ2n) is 19.4. The number of aliphatic hydroxyl groups is 1. The molecule has 364 valence electrons. The van der Waals surface area contributed by atoms with Gasteiger partial charge in [-0.25, -0.2) is 0 Å². The van der Waals surface area contributed by atoms with Crippen molar-refractivity contribution in [3.05, 3.63) is 0 Å². The highest BCUT2D eigenvalue weighted by Crippen LogP contribution is 2.24. The minimum Gasteiger partial charge on any atom is -0.466 e. The Balaban J connectivity index is 4.28. The standard InChI is InChI=1S/C54H108N2O5/c1-7-11-15-25-35-50(36-26-16-12-8-2)39-33-47-60-53(58)41-29-21-19-23-31-44-56(46-43-52(57)49-55(5)6)45-32-24-20-22-30-42-54(59)61-48-34-40-51(37-27-17-13-9-3)38-28-18-14-10-4/h50-52,57H,7-49H2,1-6H3. The van der Waals surface area contributed by atoms with Crippen LogP contribution in [-0.4, -0.2) is 86.4 Å². The van der Waals surface area contributed by atoms with Crippen molar-refractivity contribution in [2.75, 3.05) is 53.5 Å². The van der Waals surface area contributed by atoms with Gasteiger partial charge < -0.3 is 24.4 Å². The molecule has 0 aromatic carbocycles. The maximum atomic E-state index is 12.4. The molecule has 7 heteroatoms. The Morgan fingerprint density at radius 1 is 0.410 bits per heavy atom. The van der Waals surface area contributed by atoms with Crippen LogP contribution >= 0.6 is 0 Å². The van der Waals surface area contributed by atoms with E-state index in [-0.39, 0.29) is 18.0 Å². The zero-order valence-corrected chi connectivity index (χ0v) is 42.1. The van der Waals surface area contributed by atoms with Crippen LogP contribution in [-0.2, 0) is 19.1 Å². The Morgan fingerprint density at radius 2 is 0.738 bits per heavy atom. The summed E-state index contributed by atoms with van der Waals surface area (Å²) in [6.07, 6.45) is 43.8. The average molecular weight is 865 g/mol. The zero-order valence-electron chi connectivity index (χ0n) is 42.1. The van der Waals surface area contributed by atoms with Crippen LogP contribution in [0.2, 0.25) is 0 Å². The molecule has 0 spiro atoms. The molecular weight excluding hydrogens is 757 g/mol. The molecule has 0 radical (unpaired) electrons. The van der Waals surface area contributed by atoms with Crippen LogP contribution in [0.5, 0.6) is 0 Å². The van der Waals surface area contributed by atoms with Crippen molar-refractivity contribution >= 4 is 11.9 Å². The quantitative estimate of drug-likeness (QED) is 0.0482. The summed E-state index contributed by atoms with van der Waals surface area (Å²) in [6, 6.07) is 0. The van der Waals surface area contributed by atoms with Crippen LogP contribution in [0.4, 0.5) is 0 Å². The van der Waals surface area contributed by atoms with Crippen LogP contribution < -0.4 is 0 Å². The molecule has 0 fully saturated rings. The lowest BCUT2D eigenvalue weighted by Crippen LogP contribution is -2.33. The highest BCUT2D eigenvalue weighted by Gasteiger charge is 2.13. The number of nitrogens with zero attached hydrogens (tertiary/aromatic N) is 2. The van der Waals surface area contributed by atoms with Gasteiger partial charge in [-0.3, -0.25) is 9.59 Å². The van der Waals surface area contributed by atoms with Crippen molar-refractivity contribution in [3.8, 4) is 0 Å². The molecule has 0 aromatic rings. The molecule has 1 atom stereocenters. The van der Waals surface area contributed by atoms with E-state index < -0.39 is 0 Å². The lowest BCUT2D eigenvalue weighted by molar-refractivity contribution is -0.144. The number of likely N-dealkylation sites (N-methyl/N-ethyl adjacent to an activating group) is 1. The smallest absolute Gasteiger partial charge is 0.305 e. The molecule has 0 bridgehead atoms. The van der Waals surface area contributed by atoms with E-state index in [1.54, 1.807) is 0 Å². The predicted octanol–water partition coefficient (Wildman–Crippen LogP) is 15.0. The number of ether oxygens (including phenoxy) is 2. The Hall–Kier alpha value is -1.18. The van der Waals surface area contributed by atoms with E-state index in [1.165, 1.54) is 154 Å². The van der Waals surface area contributed by atoms with E-state index in [0.29, 0.717) is 32.6 Å². The first-order valence-electron chi connectivity index (χ1n) is 27.1. The number of rotatable bonds is 49. The molecule has 0 aromatic heterocycles. The lowest BCUT2D eigenvalue weighted by Gasteiger charge is -2.24. The van der Waals surface area contributed by atoms with Crippen LogP contribution in [0.3, 0.4) is 0 Å². The van der Waals surface area contributed by atoms with Crippen molar-refractivity contribution in [1.29, 1.82) is 0 Å². The summed E-state index contributed by atoms with van der Waals surface area (Å²) >= 11 is 0. The predicted molar refractivity (Wildman–Crippen MR) is 263 cm³/mol. The molecule has 0 heterocycles. The van der Waals surface area contributed by atoms with Gasteiger partial charge in [-0.2, -0.15) is 0 Å². The summed E-state index contributed by atoms with van der Waals surface area (Å²) in [5, 5.41) is 10.5. The van der Waals surface area contributed by atoms with E-state index in [2.05, 4.69) is 37.5 Å². The molecule has 0 aliphatic carbocycles. The summed E-state index contributed by atoms with van der Waals surface area (Å²) in [5.41, 5.74) is 0. The highest BCUT2D eigenvalue weighted by atomic mass is 16.5. The van der Waals surface area contributed by atoms with Crippen molar-refractivity contribution in [2.45, 2.75) is 271 Å². The Bertz CT molecular complexity index is 830. The zero-order chi connectivity index (χ0) is 44.9. The molecule has 0 aliphatic rings. The fraction of sp³-hybridized carbons (Fsp3) is 0.963. The van der Waals surface area contributed by atoms with Crippen LogP contribution in [0, 0.1) is 11.8 Å². The molecule has 0 amide bonds. The van der Waals surface area contributed by atoms with Crippen molar-refractivity contribution in [3.63, 3.8) is 0 Å². The molecule has 0 aliphatic heterocycles. The lowest BCUT2D eigenvalue weighted by atomic mass is 9.91. The minimum atomic E-state index is -0.294. The van der Waals surface area contributed by atoms with Gasteiger partial charge in [0, 0.05) is 25.9 Å². The van der Waals surface area contributed by atoms with Gasteiger partial charge in [-0.15, -0.1) is 0 Å². The molecule has 0 saturated heterocycles. The van der Waals surface area contributed by atoms with Crippen molar-refractivity contribution < 1.29 is 24.2 Å². The van der Waals surface area contributed by atoms with Gasteiger partial charge in [0.25, 0.3) is 0 Å². The normalized spacial score (nSPS) is 12.4. The summed E-state index contributed by atoms with van der Waals surface area (Å²) in [6.45, 7) is 14.1. The first-order valence-corrected chi connectivity index (χ1v) is 27.1. The second-order valence-corrected chi connectivity index (χ2v) is 19.4. The van der Waals surface area contributed by atoms with E-state index in [0.717, 1.165) is 102 Å². The largest absolute Gasteiger partial charge is 0.466 e. The fourth-order valence-electron chi connectivity index (χ4n) is 9.02. The van der Waals surface area contributed by atoms with E-state index in [9.17, 15) is 14.7 Å². The summed E-state index contributed by atoms with van der Waals surface area (Å²) in [4.78, 5) is 29.5. The summed E-state index contributed by atoms with van der Waals surface area (Å²) in [7, 11) is 4.04. The maximum Gasteiger partial charge on any atom is 0.305 e. The Labute approximate surface area is 381 Å². The Morgan fingerprint density at radius 3 is 1.10 bits per heavy atom. The number of unbranched alkanes of at least 4 members (excludes halogenated alkanes) is 20. The van der Waals surface area contributed by atoms with Crippen molar-refractivity contribution in [2.24, 2.45) is 11.8 Å². The molecule has 1 unspecified atom stereocenters. The maximum absolute atomic E-state index is 12.4. The number of hydrogen-bond donors (Lipinski definition) is 1. The monoisotopic (exact) mass is 865 g/mol. The van der Waals surface area contributed by atoms with Gasteiger partial charge >= 0.3 is 11.9 Å². The average Bonchev–Trinajstić information content (AvgIpc) is 3.24. The number of esters is 2. The first kappa shape index (κ1) is 59.8. The summed E-state index contributed by atoms with van der Waals surface area (Å²) in [5.74, 6) is 1.57. The van der Waals surface area contributed by atoms with Crippen LogP contribution in [0.25, 0.3) is 0 Å². The molecule has 0 rings (SSSR count). The van der Waals surface area contributed by atoms with Gasteiger partial charge in [-0.1, -0.05) is 195 Å². The first-order chi connectivity index (χ1) is 29.7. The Kier molecular flexibility index (Phi) is 45.9. The number of carbonyl (C=O) groups is 2. The number of aliphatic hydroxyl groups excluding tert-OH is 1. The topological polar surface area (TPSA) is 79.3 Å².